The van der Waals surface area contributed by atoms with Crippen LogP contribution in [-0.2, 0) is 11.3 Å². The van der Waals surface area contributed by atoms with E-state index in [2.05, 4.69) is 10.6 Å². The molecule has 21 heavy (non-hydrogen) atoms. The van der Waals surface area contributed by atoms with Gasteiger partial charge in [0.15, 0.2) is 0 Å². The van der Waals surface area contributed by atoms with Gasteiger partial charge in [0.1, 0.15) is 5.75 Å². The highest BCUT2D eigenvalue weighted by molar-refractivity contribution is 5.77. The van der Waals surface area contributed by atoms with Crippen molar-refractivity contribution in [2.75, 3.05) is 13.7 Å². The van der Waals surface area contributed by atoms with Crippen molar-refractivity contribution in [1.82, 2.24) is 10.6 Å². The maximum Gasteiger partial charge on any atom is 0.315 e. The number of rotatable bonds is 7. The van der Waals surface area contributed by atoms with Gasteiger partial charge in [0.05, 0.1) is 12.5 Å². The number of methoxy groups -OCH3 is 1. The summed E-state index contributed by atoms with van der Waals surface area (Å²) in [4.78, 5) is 22.9. The highest BCUT2D eigenvalue weighted by Gasteiger charge is 2.31. The summed E-state index contributed by atoms with van der Waals surface area (Å²) in [7, 11) is 1.57. The number of amides is 2. The molecular formula is C15H22N2O4. The minimum Gasteiger partial charge on any atom is -0.496 e. The number of carboxylic acids is 1. The van der Waals surface area contributed by atoms with Gasteiger partial charge < -0.3 is 20.5 Å². The van der Waals surface area contributed by atoms with Crippen molar-refractivity contribution in [3.63, 3.8) is 0 Å². The van der Waals surface area contributed by atoms with Crippen LogP contribution in [0.3, 0.4) is 0 Å². The van der Waals surface area contributed by atoms with Crippen LogP contribution < -0.4 is 15.4 Å². The maximum atomic E-state index is 11.7. The summed E-state index contributed by atoms with van der Waals surface area (Å²) < 4.78 is 5.19. The van der Waals surface area contributed by atoms with Crippen molar-refractivity contribution in [3.8, 4) is 5.75 Å². The lowest BCUT2D eigenvalue weighted by molar-refractivity contribution is -0.147. The highest BCUT2D eigenvalue weighted by Crippen LogP contribution is 2.20. The van der Waals surface area contributed by atoms with Crippen LogP contribution >= 0.6 is 0 Å². The van der Waals surface area contributed by atoms with Crippen LogP contribution in [0.1, 0.15) is 25.8 Å². The Kier molecular flexibility index (Phi) is 6.02. The number of nitrogens with one attached hydrogen (secondary N) is 2. The molecule has 6 nitrogen and oxygen atoms in total. The third-order valence-electron chi connectivity index (χ3n) is 3.57. The van der Waals surface area contributed by atoms with Gasteiger partial charge in [0, 0.05) is 18.7 Å². The summed E-state index contributed by atoms with van der Waals surface area (Å²) in [5, 5.41) is 14.4. The normalized spacial score (nSPS) is 13.1. The number of benzene rings is 1. The Morgan fingerprint density at radius 2 is 1.95 bits per heavy atom. The Balaban J connectivity index is 2.50. The van der Waals surface area contributed by atoms with E-state index in [-0.39, 0.29) is 6.54 Å². The minimum absolute atomic E-state index is 0.0800. The Bertz CT molecular complexity index is 504. The molecule has 0 aliphatic heterocycles. The van der Waals surface area contributed by atoms with Crippen LogP contribution in [0.15, 0.2) is 24.3 Å². The van der Waals surface area contributed by atoms with Gasteiger partial charge in [-0.2, -0.15) is 0 Å². The molecule has 1 atom stereocenters. The molecule has 0 saturated carbocycles. The Labute approximate surface area is 124 Å². The maximum absolute atomic E-state index is 11.7. The number of aliphatic carboxylic acids is 1. The van der Waals surface area contributed by atoms with Gasteiger partial charge in [0.25, 0.3) is 0 Å². The summed E-state index contributed by atoms with van der Waals surface area (Å²) in [5.41, 5.74) is -0.103. The van der Waals surface area contributed by atoms with Gasteiger partial charge in [-0.3, -0.25) is 4.79 Å². The molecular weight excluding hydrogens is 272 g/mol. The van der Waals surface area contributed by atoms with Gasteiger partial charge in [-0.25, -0.2) is 4.79 Å². The molecule has 0 fully saturated rings. The van der Waals surface area contributed by atoms with Crippen LogP contribution in [0.5, 0.6) is 5.75 Å². The zero-order valence-electron chi connectivity index (χ0n) is 12.6. The molecule has 0 aliphatic carbocycles. The molecule has 6 heteroatoms. The summed E-state index contributed by atoms with van der Waals surface area (Å²) in [5.74, 6) is -0.225. The van der Waals surface area contributed by atoms with Gasteiger partial charge in [-0.15, -0.1) is 0 Å². The molecule has 0 saturated heterocycles. The molecule has 0 aromatic heterocycles. The van der Waals surface area contributed by atoms with E-state index in [1.165, 1.54) is 0 Å². The molecule has 0 bridgehead atoms. The second-order valence-corrected chi connectivity index (χ2v) is 5.07. The number of carboxylic acid groups (broad SMARTS) is 1. The topological polar surface area (TPSA) is 87.7 Å². The summed E-state index contributed by atoms with van der Waals surface area (Å²) in [6.45, 7) is 3.78. The van der Waals surface area contributed by atoms with Gasteiger partial charge in [-0.05, 0) is 19.4 Å². The summed E-state index contributed by atoms with van der Waals surface area (Å²) >= 11 is 0. The van der Waals surface area contributed by atoms with Crippen LogP contribution in [0, 0.1) is 5.41 Å². The van der Waals surface area contributed by atoms with Gasteiger partial charge in [0.2, 0.25) is 0 Å². The fourth-order valence-electron chi connectivity index (χ4n) is 1.71. The lowest BCUT2D eigenvalue weighted by Gasteiger charge is -2.23. The monoisotopic (exact) mass is 294 g/mol. The van der Waals surface area contributed by atoms with Crippen molar-refractivity contribution >= 4 is 12.0 Å². The van der Waals surface area contributed by atoms with E-state index in [0.717, 1.165) is 5.56 Å². The lowest BCUT2D eigenvalue weighted by Crippen LogP contribution is -2.44. The molecule has 0 radical (unpaired) electrons. The van der Waals surface area contributed by atoms with E-state index in [4.69, 9.17) is 9.84 Å². The molecule has 1 unspecified atom stereocenters. The average Bonchev–Trinajstić information content (AvgIpc) is 2.50. The van der Waals surface area contributed by atoms with Crippen molar-refractivity contribution < 1.29 is 19.4 Å². The molecule has 1 aromatic rings. The first kappa shape index (κ1) is 16.8. The number of ether oxygens (including phenoxy) is 1. The van der Waals surface area contributed by atoms with E-state index in [0.29, 0.717) is 18.7 Å². The average molecular weight is 294 g/mol. The van der Waals surface area contributed by atoms with Crippen LogP contribution in [-0.4, -0.2) is 30.8 Å². The molecule has 116 valence electrons. The number of hydrogen-bond donors (Lipinski definition) is 3. The third kappa shape index (κ3) is 4.66. The molecule has 3 N–H and O–H groups in total. The van der Waals surface area contributed by atoms with E-state index in [1.807, 2.05) is 24.3 Å². The van der Waals surface area contributed by atoms with Crippen LogP contribution in [0.25, 0.3) is 0 Å². The second-order valence-electron chi connectivity index (χ2n) is 5.07. The van der Waals surface area contributed by atoms with Crippen LogP contribution in [0.4, 0.5) is 4.79 Å². The number of para-hydroxylation sites is 1. The van der Waals surface area contributed by atoms with E-state index < -0.39 is 17.4 Å². The molecule has 1 rings (SSSR count). The third-order valence-corrected chi connectivity index (χ3v) is 3.57. The Morgan fingerprint density at radius 1 is 1.29 bits per heavy atom. The Morgan fingerprint density at radius 3 is 2.52 bits per heavy atom. The standard InChI is InChI=1S/C15H22N2O4/c1-4-15(2,13(18)19)10-17-14(20)16-9-11-7-5-6-8-12(11)21-3/h5-8H,4,9-10H2,1-3H3,(H,18,19)(H2,16,17,20). The van der Waals surface area contributed by atoms with Crippen molar-refractivity contribution in [2.24, 2.45) is 5.41 Å². The van der Waals surface area contributed by atoms with Crippen LogP contribution in [0.2, 0.25) is 0 Å². The number of carbonyl (C=O) groups excluding carboxylic acids is 1. The fraction of sp³-hybridized carbons (Fsp3) is 0.467. The predicted octanol–water partition coefficient (Wildman–Crippen LogP) is 2.00. The minimum atomic E-state index is -0.957. The largest absolute Gasteiger partial charge is 0.496 e. The molecule has 0 spiro atoms. The summed E-state index contributed by atoms with van der Waals surface area (Å²) in [6, 6.07) is 6.97. The second kappa shape index (κ2) is 7.52. The van der Waals surface area contributed by atoms with Crippen molar-refractivity contribution in [3.05, 3.63) is 29.8 Å². The van der Waals surface area contributed by atoms with Gasteiger partial charge >= 0.3 is 12.0 Å². The van der Waals surface area contributed by atoms with Crippen molar-refractivity contribution in [2.45, 2.75) is 26.8 Å². The molecule has 0 heterocycles. The molecule has 0 aliphatic rings. The smallest absolute Gasteiger partial charge is 0.315 e. The van der Waals surface area contributed by atoms with E-state index >= 15 is 0 Å². The molecule has 2 amide bonds. The van der Waals surface area contributed by atoms with Gasteiger partial charge in [-0.1, -0.05) is 25.1 Å². The first-order valence-electron chi connectivity index (χ1n) is 6.80. The van der Waals surface area contributed by atoms with Crippen molar-refractivity contribution in [1.29, 1.82) is 0 Å². The quantitative estimate of drug-likeness (QED) is 0.717. The van der Waals surface area contributed by atoms with E-state index in [9.17, 15) is 9.59 Å². The zero-order valence-corrected chi connectivity index (χ0v) is 12.6. The SMILES string of the molecule is CCC(C)(CNC(=O)NCc1ccccc1OC)C(=O)O. The summed E-state index contributed by atoms with van der Waals surface area (Å²) in [6.07, 6.45) is 0.440. The first-order valence-corrected chi connectivity index (χ1v) is 6.80. The number of carbonyl (C=O) groups is 2. The first-order chi connectivity index (χ1) is 9.92. The highest BCUT2D eigenvalue weighted by atomic mass is 16.5. The lowest BCUT2D eigenvalue weighted by atomic mass is 9.88. The number of hydrogen-bond acceptors (Lipinski definition) is 3. The number of urea groups is 1. The van der Waals surface area contributed by atoms with E-state index in [1.54, 1.807) is 21.0 Å². The predicted molar refractivity (Wildman–Crippen MR) is 79.3 cm³/mol. The zero-order chi connectivity index (χ0) is 15.9. The fourth-order valence-corrected chi connectivity index (χ4v) is 1.71. The Hall–Kier alpha value is -2.24. The molecule has 1 aromatic carbocycles.